The second-order valence-corrected chi connectivity index (χ2v) is 13.8. The van der Waals surface area contributed by atoms with Crippen molar-refractivity contribution < 1.29 is 37.9 Å². The van der Waals surface area contributed by atoms with Crippen LogP contribution in [0.4, 0.5) is 0 Å². The lowest BCUT2D eigenvalue weighted by molar-refractivity contribution is -0.161. The monoisotopic (exact) mass is 744 g/mol. The lowest BCUT2D eigenvalue weighted by Gasteiger charge is -2.18. The van der Waals surface area contributed by atoms with Crippen LogP contribution in [0, 0.1) is 0 Å². The van der Waals surface area contributed by atoms with E-state index in [0.29, 0.717) is 12.8 Å². The van der Waals surface area contributed by atoms with Crippen LogP contribution >= 0.6 is 7.82 Å². The van der Waals surface area contributed by atoms with E-state index in [1.807, 2.05) is 12.2 Å². The number of phosphoric acid groups is 1. The van der Waals surface area contributed by atoms with Gasteiger partial charge in [0.05, 0.1) is 6.61 Å². The maximum atomic E-state index is 12.3. The minimum atomic E-state index is -4.78. The van der Waals surface area contributed by atoms with E-state index in [9.17, 15) is 14.2 Å². The van der Waals surface area contributed by atoms with Crippen LogP contribution in [0.15, 0.2) is 97.2 Å². The Hall–Kier alpha value is -3.03. The van der Waals surface area contributed by atoms with Gasteiger partial charge in [-0.3, -0.25) is 14.1 Å². The van der Waals surface area contributed by atoms with Gasteiger partial charge in [0.2, 0.25) is 0 Å². The number of hydrogen-bond donors (Lipinski definition) is 2. The highest BCUT2D eigenvalue weighted by Gasteiger charge is 2.22. The summed E-state index contributed by atoms with van der Waals surface area (Å²) >= 11 is 0. The van der Waals surface area contributed by atoms with Gasteiger partial charge in [0.15, 0.2) is 6.10 Å². The van der Waals surface area contributed by atoms with Gasteiger partial charge < -0.3 is 19.3 Å². The lowest BCUT2D eigenvalue weighted by Crippen LogP contribution is -2.29. The molecule has 9 heteroatoms. The van der Waals surface area contributed by atoms with Crippen molar-refractivity contribution in [1.29, 1.82) is 0 Å². The molecule has 0 radical (unpaired) electrons. The molecular formula is C43H69O8P. The number of rotatable bonds is 34. The summed E-state index contributed by atoms with van der Waals surface area (Å²) in [5.74, 6) is -1.01. The molecule has 0 spiro atoms. The van der Waals surface area contributed by atoms with Gasteiger partial charge in [-0.05, 0) is 83.5 Å². The Morgan fingerprint density at radius 1 is 0.519 bits per heavy atom. The molecule has 0 aliphatic rings. The van der Waals surface area contributed by atoms with Crippen molar-refractivity contribution in [3.8, 4) is 0 Å². The fourth-order valence-electron chi connectivity index (χ4n) is 4.72. The number of esters is 2. The summed E-state index contributed by atoms with van der Waals surface area (Å²) in [5.41, 5.74) is 0. The third-order valence-electron chi connectivity index (χ3n) is 7.60. The average Bonchev–Trinajstić information content (AvgIpc) is 3.11. The Morgan fingerprint density at radius 2 is 0.962 bits per heavy atom. The molecule has 0 saturated carbocycles. The molecule has 0 aliphatic carbocycles. The van der Waals surface area contributed by atoms with Crippen LogP contribution in [0.3, 0.4) is 0 Å². The molecule has 0 rings (SSSR count). The first-order chi connectivity index (χ1) is 25.3. The molecule has 0 bridgehead atoms. The van der Waals surface area contributed by atoms with Gasteiger partial charge in [-0.25, -0.2) is 4.57 Å². The molecule has 0 fully saturated rings. The molecule has 0 aromatic heterocycles. The molecule has 0 aromatic rings. The first-order valence-electron chi connectivity index (χ1n) is 19.5. The van der Waals surface area contributed by atoms with Crippen molar-refractivity contribution in [3.63, 3.8) is 0 Å². The smallest absolute Gasteiger partial charge is 0.462 e. The topological polar surface area (TPSA) is 119 Å². The standard InChI is InChI=1S/C43H69O8P/c1-3-5-7-9-11-13-15-17-19-20-21-22-24-26-28-30-32-34-36-38-43(45)51-41(40-50-52(46,47)48)39-49-42(44)37-35-33-31-29-27-25-23-18-16-14-12-10-8-6-4-2/h5,7,11-14,17-19,21-23,26,28,32,34,41H,3-4,6,8-10,15-16,20,24-25,27,29-31,33,35-40H2,1-2H3,(H2,46,47,48)/b7-5-,13-11-,14-12-,19-17-,22-21-,23-18-,28-26-,34-32-/t41-/m1/s1. The molecule has 52 heavy (non-hydrogen) atoms. The fraction of sp³-hybridized carbons (Fsp3) is 0.581. The molecule has 0 aliphatic heterocycles. The Labute approximate surface area is 315 Å². The van der Waals surface area contributed by atoms with Crippen LogP contribution in [-0.4, -0.2) is 41.0 Å². The zero-order valence-corrected chi connectivity index (χ0v) is 33.1. The number of phosphoric ester groups is 1. The van der Waals surface area contributed by atoms with E-state index in [1.165, 1.54) is 25.7 Å². The highest BCUT2D eigenvalue weighted by atomic mass is 31.2. The first kappa shape index (κ1) is 49.0. The predicted molar refractivity (Wildman–Crippen MR) is 216 cm³/mol. The summed E-state index contributed by atoms with van der Waals surface area (Å²) in [6, 6.07) is 0. The van der Waals surface area contributed by atoms with Gasteiger partial charge in [-0.1, -0.05) is 143 Å². The lowest BCUT2D eigenvalue weighted by atomic mass is 10.1. The molecule has 8 nitrogen and oxygen atoms in total. The molecule has 0 heterocycles. The van der Waals surface area contributed by atoms with Gasteiger partial charge in [0, 0.05) is 12.8 Å². The maximum Gasteiger partial charge on any atom is 0.469 e. The normalized spacial score (nSPS) is 13.5. The quantitative estimate of drug-likeness (QED) is 0.0289. The summed E-state index contributed by atoms with van der Waals surface area (Å²) < 4.78 is 26.2. The number of carbonyl (C=O) groups excluding carboxylic acids is 2. The molecule has 0 saturated heterocycles. The molecule has 0 aromatic carbocycles. The Balaban J connectivity index is 4.14. The molecular weight excluding hydrogens is 675 g/mol. The minimum Gasteiger partial charge on any atom is -0.462 e. The van der Waals surface area contributed by atoms with Crippen LogP contribution in [0.25, 0.3) is 0 Å². The number of carbonyl (C=O) groups is 2. The van der Waals surface area contributed by atoms with Gasteiger partial charge >= 0.3 is 19.8 Å². The van der Waals surface area contributed by atoms with Crippen molar-refractivity contribution in [3.05, 3.63) is 97.2 Å². The minimum absolute atomic E-state index is 0.0779. The van der Waals surface area contributed by atoms with Crippen molar-refractivity contribution in [2.24, 2.45) is 0 Å². The van der Waals surface area contributed by atoms with Crippen LogP contribution in [-0.2, 0) is 28.2 Å². The van der Waals surface area contributed by atoms with Crippen molar-refractivity contribution in [1.82, 2.24) is 0 Å². The number of hydrogen-bond acceptors (Lipinski definition) is 6. The van der Waals surface area contributed by atoms with Crippen LogP contribution < -0.4 is 0 Å². The van der Waals surface area contributed by atoms with Crippen molar-refractivity contribution >= 4 is 19.8 Å². The van der Waals surface area contributed by atoms with Crippen molar-refractivity contribution in [2.75, 3.05) is 13.2 Å². The number of unbranched alkanes of at least 4 members (excludes halogenated alkanes) is 8. The van der Waals surface area contributed by atoms with Crippen molar-refractivity contribution in [2.45, 2.75) is 148 Å². The van der Waals surface area contributed by atoms with Gasteiger partial charge in [0.1, 0.15) is 6.61 Å². The second kappa shape index (κ2) is 37.7. The predicted octanol–water partition coefficient (Wildman–Crippen LogP) is 11.8. The van der Waals surface area contributed by atoms with E-state index in [-0.39, 0.29) is 19.4 Å². The highest BCUT2D eigenvalue weighted by Crippen LogP contribution is 2.35. The summed E-state index contributed by atoms with van der Waals surface area (Å²) in [5, 5.41) is 0. The van der Waals surface area contributed by atoms with Crippen LogP contribution in [0.1, 0.15) is 142 Å². The largest absolute Gasteiger partial charge is 0.469 e. The van der Waals surface area contributed by atoms with E-state index in [0.717, 1.165) is 77.0 Å². The van der Waals surface area contributed by atoms with Gasteiger partial charge in [0.25, 0.3) is 0 Å². The highest BCUT2D eigenvalue weighted by molar-refractivity contribution is 7.46. The van der Waals surface area contributed by atoms with E-state index < -0.39 is 32.5 Å². The number of ether oxygens (including phenoxy) is 2. The Morgan fingerprint density at radius 3 is 1.46 bits per heavy atom. The Bertz CT molecular complexity index is 1160. The van der Waals surface area contributed by atoms with Gasteiger partial charge in [-0.15, -0.1) is 0 Å². The van der Waals surface area contributed by atoms with Crippen LogP contribution in [0.2, 0.25) is 0 Å². The second-order valence-electron chi connectivity index (χ2n) is 12.5. The summed E-state index contributed by atoms with van der Waals surface area (Å²) in [7, 11) is -4.78. The SMILES string of the molecule is CC/C=C\C/C=C\C/C=C\C/C=C\C/C=C\C/C=C\CCC(=O)O[C@H](COC(=O)CCCCCCC/C=C\C/C=C\CCCCC)COP(=O)(O)O. The number of allylic oxidation sites excluding steroid dienone is 16. The molecule has 2 N–H and O–H groups in total. The third kappa shape index (κ3) is 39.8. The van der Waals surface area contributed by atoms with E-state index in [1.54, 1.807) is 0 Å². The summed E-state index contributed by atoms with van der Waals surface area (Å²) in [6.45, 7) is 3.45. The summed E-state index contributed by atoms with van der Waals surface area (Å²) in [4.78, 5) is 42.7. The van der Waals surface area contributed by atoms with Crippen LogP contribution in [0.5, 0.6) is 0 Å². The zero-order valence-electron chi connectivity index (χ0n) is 32.2. The molecule has 1 atom stereocenters. The van der Waals surface area contributed by atoms with Gasteiger partial charge in [-0.2, -0.15) is 0 Å². The zero-order chi connectivity index (χ0) is 38.2. The first-order valence-corrected chi connectivity index (χ1v) is 21.1. The van der Waals surface area contributed by atoms with E-state index in [4.69, 9.17) is 19.3 Å². The fourth-order valence-corrected chi connectivity index (χ4v) is 5.08. The Kier molecular flexibility index (Phi) is 35.5. The van der Waals surface area contributed by atoms with E-state index in [2.05, 4.69) is 103 Å². The third-order valence-corrected chi connectivity index (χ3v) is 8.09. The molecule has 0 unspecified atom stereocenters. The van der Waals surface area contributed by atoms with E-state index >= 15 is 0 Å². The molecule has 294 valence electrons. The molecule has 0 amide bonds. The average molecular weight is 745 g/mol. The summed E-state index contributed by atoms with van der Waals surface area (Å²) in [6.07, 6.45) is 51.4. The maximum absolute atomic E-state index is 12.3.